The van der Waals surface area contributed by atoms with E-state index in [0.29, 0.717) is 18.7 Å². The van der Waals surface area contributed by atoms with E-state index in [9.17, 15) is 14.4 Å². The number of ether oxygens (including phenoxy) is 1. The van der Waals surface area contributed by atoms with Gasteiger partial charge in [-0.1, -0.05) is 31.5 Å². The Labute approximate surface area is 153 Å². The Balaban J connectivity index is 2.39. The molecule has 1 heterocycles. The fraction of sp³-hybridized carbons (Fsp3) is 0.526. The van der Waals surface area contributed by atoms with E-state index in [0.717, 1.165) is 18.4 Å². The van der Waals surface area contributed by atoms with Gasteiger partial charge in [0.2, 0.25) is 11.8 Å². The molecule has 1 fully saturated rings. The molecule has 0 spiro atoms. The number of methoxy groups -OCH3 is 1. The number of piperidine rings is 1. The molecule has 1 aromatic carbocycles. The molecule has 0 bridgehead atoms. The van der Waals surface area contributed by atoms with Crippen LogP contribution in [-0.2, 0) is 14.4 Å². The van der Waals surface area contributed by atoms with Crippen LogP contribution in [0.15, 0.2) is 24.3 Å². The maximum atomic E-state index is 12.7. The first-order valence-corrected chi connectivity index (χ1v) is 8.91. The van der Waals surface area contributed by atoms with Gasteiger partial charge in [0.1, 0.15) is 12.3 Å². The van der Waals surface area contributed by atoms with Crippen LogP contribution in [0.4, 0.5) is 0 Å². The molecule has 1 aliphatic rings. The molecule has 2 rings (SSSR count). The molecule has 7 heteroatoms. The summed E-state index contributed by atoms with van der Waals surface area (Å²) in [6, 6.07) is 6.88. The average molecular weight is 362 g/mol. The molecule has 2 amide bonds. The van der Waals surface area contributed by atoms with E-state index in [4.69, 9.17) is 9.84 Å². The molecule has 0 aliphatic carbocycles. The number of para-hydroxylation sites is 1. The Morgan fingerprint density at radius 3 is 2.73 bits per heavy atom. The monoisotopic (exact) mass is 362 g/mol. The summed E-state index contributed by atoms with van der Waals surface area (Å²) in [6.45, 7) is 2.17. The molecule has 7 nitrogen and oxygen atoms in total. The number of unbranched alkanes of at least 4 members (excludes halogenated alkanes) is 1. The number of nitrogens with one attached hydrogen (secondary N) is 1. The van der Waals surface area contributed by atoms with Gasteiger partial charge in [0, 0.05) is 18.5 Å². The second kappa shape index (κ2) is 9.22. The van der Waals surface area contributed by atoms with E-state index in [1.54, 1.807) is 18.1 Å². The van der Waals surface area contributed by atoms with Crippen molar-refractivity contribution in [2.24, 2.45) is 5.92 Å². The smallest absolute Gasteiger partial charge is 0.322 e. The summed E-state index contributed by atoms with van der Waals surface area (Å²) < 4.78 is 5.45. The number of aliphatic carboxylic acids is 1. The number of carboxylic acids is 1. The molecule has 0 radical (unpaired) electrons. The zero-order chi connectivity index (χ0) is 19.1. The number of carbonyl (C=O) groups excluding carboxylic acids is 2. The van der Waals surface area contributed by atoms with Crippen molar-refractivity contribution in [1.82, 2.24) is 10.2 Å². The molecule has 2 atom stereocenters. The van der Waals surface area contributed by atoms with Crippen molar-refractivity contribution in [2.45, 2.75) is 38.6 Å². The normalized spacial score (nSPS) is 19.9. The van der Waals surface area contributed by atoms with Crippen LogP contribution in [0, 0.1) is 5.92 Å². The van der Waals surface area contributed by atoms with Gasteiger partial charge in [-0.2, -0.15) is 0 Å². The molecular weight excluding hydrogens is 336 g/mol. The number of carbonyl (C=O) groups is 3. The van der Waals surface area contributed by atoms with Gasteiger partial charge in [0.05, 0.1) is 19.1 Å². The predicted octanol–water partition coefficient (Wildman–Crippen LogP) is 1.98. The molecule has 1 saturated heterocycles. The highest BCUT2D eigenvalue weighted by atomic mass is 16.5. The highest BCUT2D eigenvalue weighted by molar-refractivity contribution is 5.87. The van der Waals surface area contributed by atoms with Crippen LogP contribution in [0.25, 0.3) is 0 Å². The van der Waals surface area contributed by atoms with E-state index < -0.39 is 24.5 Å². The molecule has 1 aliphatic heterocycles. The van der Waals surface area contributed by atoms with E-state index in [1.807, 2.05) is 25.1 Å². The first-order chi connectivity index (χ1) is 12.5. The van der Waals surface area contributed by atoms with Gasteiger partial charge in [0.25, 0.3) is 0 Å². The largest absolute Gasteiger partial charge is 0.496 e. The van der Waals surface area contributed by atoms with Crippen molar-refractivity contribution in [3.63, 3.8) is 0 Å². The van der Waals surface area contributed by atoms with Crippen molar-refractivity contribution >= 4 is 17.8 Å². The number of amides is 2. The average Bonchev–Trinajstić information content (AvgIpc) is 2.64. The molecule has 26 heavy (non-hydrogen) atoms. The summed E-state index contributed by atoms with van der Waals surface area (Å²) in [4.78, 5) is 37.8. The molecule has 0 unspecified atom stereocenters. The van der Waals surface area contributed by atoms with E-state index in [2.05, 4.69) is 5.32 Å². The van der Waals surface area contributed by atoms with Gasteiger partial charge in [-0.05, 0) is 18.9 Å². The first-order valence-electron chi connectivity index (χ1n) is 8.91. The minimum absolute atomic E-state index is 0.0108. The topological polar surface area (TPSA) is 95.9 Å². The Bertz CT molecular complexity index is 661. The number of nitrogens with zero attached hydrogens (tertiary/aromatic N) is 1. The predicted molar refractivity (Wildman–Crippen MR) is 95.7 cm³/mol. The number of hydrogen-bond donors (Lipinski definition) is 2. The summed E-state index contributed by atoms with van der Waals surface area (Å²) >= 11 is 0. The Morgan fingerprint density at radius 2 is 2.08 bits per heavy atom. The number of rotatable bonds is 8. The van der Waals surface area contributed by atoms with E-state index in [-0.39, 0.29) is 18.2 Å². The van der Waals surface area contributed by atoms with E-state index in [1.165, 1.54) is 0 Å². The third-order valence-electron chi connectivity index (χ3n) is 4.67. The van der Waals surface area contributed by atoms with E-state index >= 15 is 0 Å². The highest BCUT2D eigenvalue weighted by Crippen LogP contribution is 2.40. The van der Waals surface area contributed by atoms with Gasteiger partial charge in [-0.15, -0.1) is 0 Å². The van der Waals surface area contributed by atoms with Crippen LogP contribution in [0.1, 0.15) is 44.2 Å². The Hall–Kier alpha value is -2.57. The molecular formula is C19H26N2O5. The minimum atomic E-state index is -1.10. The number of hydrogen-bond acceptors (Lipinski definition) is 4. The lowest BCUT2D eigenvalue weighted by atomic mass is 9.83. The van der Waals surface area contributed by atoms with Gasteiger partial charge in [-0.3, -0.25) is 14.4 Å². The van der Waals surface area contributed by atoms with Crippen LogP contribution >= 0.6 is 0 Å². The fourth-order valence-corrected chi connectivity index (χ4v) is 3.41. The second-order valence-electron chi connectivity index (χ2n) is 6.38. The van der Waals surface area contributed by atoms with Crippen molar-refractivity contribution in [2.75, 3.05) is 20.2 Å². The summed E-state index contributed by atoms with van der Waals surface area (Å²) in [6.07, 6.45) is 2.43. The molecule has 1 aromatic rings. The lowest BCUT2D eigenvalue weighted by Gasteiger charge is -2.41. The molecule has 142 valence electrons. The van der Waals surface area contributed by atoms with Crippen molar-refractivity contribution < 1.29 is 24.2 Å². The van der Waals surface area contributed by atoms with Gasteiger partial charge < -0.3 is 20.1 Å². The van der Waals surface area contributed by atoms with Crippen LogP contribution in [0.5, 0.6) is 5.75 Å². The summed E-state index contributed by atoms with van der Waals surface area (Å²) in [5, 5.41) is 11.3. The number of carboxylic acid groups (broad SMARTS) is 1. The van der Waals surface area contributed by atoms with Crippen molar-refractivity contribution in [3.8, 4) is 5.75 Å². The Kier molecular flexibility index (Phi) is 7.00. The Morgan fingerprint density at radius 1 is 1.35 bits per heavy atom. The quantitative estimate of drug-likeness (QED) is 0.737. The molecule has 0 saturated carbocycles. The minimum Gasteiger partial charge on any atom is -0.496 e. The lowest BCUT2D eigenvalue weighted by Crippen LogP contribution is -2.49. The first kappa shape index (κ1) is 19.8. The van der Waals surface area contributed by atoms with Crippen LogP contribution in [0.2, 0.25) is 0 Å². The summed E-state index contributed by atoms with van der Waals surface area (Å²) in [5.41, 5.74) is 0.773. The van der Waals surface area contributed by atoms with Crippen LogP contribution in [0.3, 0.4) is 0 Å². The lowest BCUT2D eigenvalue weighted by molar-refractivity contribution is -0.145. The number of benzene rings is 1. The summed E-state index contributed by atoms with van der Waals surface area (Å²) in [7, 11) is 1.55. The maximum absolute atomic E-state index is 12.7. The zero-order valence-corrected chi connectivity index (χ0v) is 15.2. The SMILES string of the molecule is CCCCN1C(=O)CC[C@H](C(=O)NCC(=O)O)[C@H]1c1ccccc1OC. The molecule has 0 aromatic heterocycles. The fourth-order valence-electron chi connectivity index (χ4n) is 3.41. The van der Waals surface area contributed by atoms with Gasteiger partial charge in [-0.25, -0.2) is 0 Å². The van der Waals surface area contributed by atoms with Gasteiger partial charge in [0.15, 0.2) is 0 Å². The standard InChI is InChI=1S/C19H26N2O5/c1-3-4-11-21-16(22)10-9-14(19(25)20-12-17(23)24)18(21)13-7-5-6-8-15(13)26-2/h5-8,14,18H,3-4,9-12H2,1-2H3,(H,20,25)(H,23,24)/t14-,18+/m0/s1. The number of likely N-dealkylation sites (tertiary alicyclic amines) is 1. The maximum Gasteiger partial charge on any atom is 0.322 e. The zero-order valence-electron chi connectivity index (χ0n) is 15.2. The van der Waals surface area contributed by atoms with Gasteiger partial charge >= 0.3 is 5.97 Å². The third-order valence-corrected chi connectivity index (χ3v) is 4.67. The third kappa shape index (κ3) is 4.53. The van der Waals surface area contributed by atoms with Crippen LogP contribution < -0.4 is 10.1 Å². The van der Waals surface area contributed by atoms with Crippen molar-refractivity contribution in [3.05, 3.63) is 29.8 Å². The van der Waals surface area contributed by atoms with Crippen LogP contribution in [-0.4, -0.2) is 48.0 Å². The second-order valence-corrected chi connectivity index (χ2v) is 6.38. The van der Waals surface area contributed by atoms with Crippen molar-refractivity contribution in [1.29, 1.82) is 0 Å². The highest BCUT2D eigenvalue weighted by Gasteiger charge is 2.41. The summed E-state index contributed by atoms with van der Waals surface area (Å²) in [5.74, 6) is -1.33. The molecule has 2 N–H and O–H groups in total.